The summed E-state index contributed by atoms with van der Waals surface area (Å²) < 4.78 is 5.24. The smallest absolute Gasteiger partial charge is 0.411 e. The van der Waals surface area contributed by atoms with Gasteiger partial charge in [-0.25, -0.2) is 4.79 Å². The van der Waals surface area contributed by atoms with Crippen molar-refractivity contribution in [2.75, 3.05) is 0 Å². The molecular weight excluding hydrogens is 194 g/mol. The molecule has 0 aromatic carbocycles. The molecule has 1 heterocycles. The van der Waals surface area contributed by atoms with Crippen LogP contribution in [0, 0.1) is 0 Å². The van der Waals surface area contributed by atoms with Crippen LogP contribution in [0.4, 0.5) is 4.79 Å². The third-order valence-corrected chi connectivity index (χ3v) is 2.44. The zero-order valence-corrected chi connectivity index (χ0v) is 10.0. The zero-order chi connectivity index (χ0) is 11.9. The Balaban J connectivity index is 2.69. The van der Waals surface area contributed by atoms with Crippen LogP contribution in [-0.2, 0) is 9.53 Å². The summed E-state index contributed by atoms with van der Waals surface area (Å²) in [6.45, 7) is 9.29. The minimum absolute atomic E-state index is 0.270. The second-order valence-electron chi connectivity index (χ2n) is 5.57. The summed E-state index contributed by atoms with van der Waals surface area (Å²) in [5.41, 5.74) is -0.788. The van der Waals surface area contributed by atoms with E-state index < -0.39 is 11.7 Å². The number of amides is 1. The third-order valence-electron chi connectivity index (χ3n) is 2.44. The number of hydrogen-bond acceptors (Lipinski definition) is 3. The Kier molecular flexibility index (Phi) is 2.81. The first-order valence-corrected chi connectivity index (χ1v) is 5.15. The van der Waals surface area contributed by atoms with Gasteiger partial charge in [0.1, 0.15) is 11.9 Å². The summed E-state index contributed by atoms with van der Waals surface area (Å²) in [5, 5.41) is 0. The van der Waals surface area contributed by atoms with Gasteiger partial charge in [-0.2, -0.15) is 0 Å². The predicted octanol–water partition coefficient (Wildman–Crippen LogP) is 1.97. The van der Waals surface area contributed by atoms with Gasteiger partial charge in [-0.1, -0.05) is 0 Å². The fraction of sp³-hybridized carbons (Fsp3) is 0.818. The Hall–Kier alpha value is -1.06. The average molecular weight is 213 g/mol. The van der Waals surface area contributed by atoms with Gasteiger partial charge in [0.15, 0.2) is 0 Å². The number of carbonyl (C=O) groups excluding carboxylic acids is 2. The van der Waals surface area contributed by atoms with Gasteiger partial charge < -0.3 is 9.53 Å². The van der Waals surface area contributed by atoms with E-state index in [1.54, 1.807) is 0 Å². The number of ether oxygens (including phenoxy) is 1. The summed E-state index contributed by atoms with van der Waals surface area (Å²) in [7, 11) is 0. The molecule has 1 aliphatic rings. The molecule has 1 amide bonds. The van der Waals surface area contributed by atoms with Crippen molar-refractivity contribution in [2.24, 2.45) is 0 Å². The van der Waals surface area contributed by atoms with Crippen molar-refractivity contribution in [3.05, 3.63) is 0 Å². The lowest BCUT2D eigenvalue weighted by molar-refractivity contribution is -0.125. The number of nitrogens with zero attached hydrogens (tertiary/aromatic N) is 1. The number of carbonyl (C=O) groups is 2. The summed E-state index contributed by atoms with van der Waals surface area (Å²) >= 11 is 0. The molecule has 0 spiro atoms. The highest BCUT2D eigenvalue weighted by molar-refractivity contribution is 5.77. The van der Waals surface area contributed by atoms with Crippen molar-refractivity contribution in [2.45, 2.75) is 58.2 Å². The fourth-order valence-electron chi connectivity index (χ4n) is 1.84. The average Bonchev–Trinajstić information content (AvgIpc) is 1.96. The molecule has 0 saturated carbocycles. The maximum absolute atomic E-state index is 11.8. The van der Waals surface area contributed by atoms with Crippen molar-refractivity contribution in [3.63, 3.8) is 0 Å². The maximum Gasteiger partial charge on any atom is 0.411 e. The molecule has 0 N–H and O–H groups in total. The van der Waals surface area contributed by atoms with Crippen LogP contribution in [0.25, 0.3) is 0 Å². The molecule has 0 bridgehead atoms. The molecule has 1 aliphatic heterocycles. The zero-order valence-electron chi connectivity index (χ0n) is 10.0. The monoisotopic (exact) mass is 213 g/mol. The highest BCUT2D eigenvalue weighted by atomic mass is 16.6. The van der Waals surface area contributed by atoms with Crippen molar-refractivity contribution in [1.82, 2.24) is 4.90 Å². The van der Waals surface area contributed by atoms with Gasteiger partial charge in [-0.3, -0.25) is 4.90 Å². The van der Waals surface area contributed by atoms with E-state index in [-0.39, 0.29) is 11.6 Å². The SMILES string of the molecule is CC(C)(C)OC(=O)N1C(C=O)CC1(C)C. The van der Waals surface area contributed by atoms with E-state index >= 15 is 0 Å². The van der Waals surface area contributed by atoms with Crippen molar-refractivity contribution < 1.29 is 14.3 Å². The Bertz CT molecular complexity index is 278. The van der Waals surface area contributed by atoms with Crippen LogP contribution in [0.2, 0.25) is 0 Å². The van der Waals surface area contributed by atoms with Gasteiger partial charge in [-0.05, 0) is 41.0 Å². The molecule has 1 fully saturated rings. The molecule has 0 aliphatic carbocycles. The van der Waals surface area contributed by atoms with E-state index in [2.05, 4.69) is 0 Å². The number of rotatable bonds is 1. The van der Waals surface area contributed by atoms with Gasteiger partial charge in [0, 0.05) is 5.54 Å². The van der Waals surface area contributed by atoms with Crippen molar-refractivity contribution in [1.29, 1.82) is 0 Å². The molecule has 1 rings (SSSR count). The topological polar surface area (TPSA) is 46.6 Å². The first kappa shape index (κ1) is 12.0. The largest absolute Gasteiger partial charge is 0.444 e. The van der Waals surface area contributed by atoms with Crippen LogP contribution < -0.4 is 0 Å². The van der Waals surface area contributed by atoms with Crippen LogP contribution in [0.5, 0.6) is 0 Å². The molecular formula is C11H19NO3. The quantitative estimate of drug-likeness (QED) is 0.626. The van der Waals surface area contributed by atoms with Crippen molar-refractivity contribution >= 4 is 12.4 Å². The van der Waals surface area contributed by atoms with E-state index in [1.807, 2.05) is 34.6 Å². The molecule has 1 atom stereocenters. The van der Waals surface area contributed by atoms with Crippen LogP contribution >= 0.6 is 0 Å². The van der Waals surface area contributed by atoms with E-state index in [4.69, 9.17) is 4.74 Å². The molecule has 1 saturated heterocycles. The second-order valence-corrected chi connectivity index (χ2v) is 5.57. The second kappa shape index (κ2) is 3.51. The summed E-state index contributed by atoms with van der Waals surface area (Å²) in [5.74, 6) is 0. The predicted molar refractivity (Wildman–Crippen MR) is 56.6 cm³/mol. The molecule has 4 nitrogen and oxygen atoms in total. The van der Waals surface area contributed by atoms with E-state index in [9.17, 15) is 9.59 Å². The summed E-state index contributed by atoms with van der Waals surface area (Å²) in [4.78, 5) is 24.0. The van der Waals surface area contributed by atoms with Crippen molar-refractivity contribution in [3.8, 4) is 0 Å². The minimum Gasteiger partial charge on any atom is -0.444 e. The molecule has 0 aromatic rings. The van der Waals surface area contributed by atoms with Crippen LogP contribution in [0.3, 0.4) is 0 Å². The molecule has 0 aromatic heterocycles. The van der Waals surface area contributed by atoms with E-state index in [0.29, 0.717) is 6.42 Å². The molecule has 86 valence electrons. The van der Waals surface area contributed by atoms with Gasteiger partial charge in [0.2, 0.25) is 0 Å². The lowest BCUT2D eigenvalue weighted by Gasteiger charge is -2.52. The third kappa shape index (κ3) is 2.49. The van der Waals surface area contributed by atoms with Crippen LogP contribution in [0.15, 0.2) is 0 Å². The normalized spacial score (nSPS) is 24.3. The van der Waals surface area contributed by atoms with Gasteiger partial charge in [0.25, 0.3) is 0 Å². The molecule has 4 heteroatoms. The number of hydrogen-bond donors (Lipinski definition) is 0. The molecule has 0 radical (unpaired) electrons. The molecule has 15 heavy (non-hydrogen) atoms. The summed E-state index contributed by atoms with van der Waals surface area (Å²) in [6.07, 6.45) is 1.10. The maximum atomic E-state index is 11.8. The van der Waals surface area contributed by atoms with Gasteiger partial charge in [0.05, 0.1) is 6.04 Å². The van der Waals surface area contributed by atoms with Gasteiger partial charge in [-0.15, -0.1) is 0 Å². The lowest BCUT2D eigenvalue weighted by Crippen LogP contribution is -2.66. The first-order chi connectivity index (χ1) is 6.67. The minimum atomic E-state index is -0.518. The molecule has 1 unspecified atom stereocenters. The number of aldehydes is 1. The van der Waals surface area contributed by atoms with E-state index in [0.717, 1.165) is 6.29 Å². The Morgan fingerprint density at radius 3 is 2.33 bits per heavy atom. The van der Waals surface area contributed by atoms with E-state index in [1.165, 1.54) is 4.90 Å². The standard InChI is InChI=1S/C11H19NO3/c1-10(2,3)15-9(14)12-8(7-13)6-11(12,4)5/h7-8H,6H2,1-5H3. The summed E-state index contributed by atoms with van der Waals surface area (Å²) in [6, 6.07) is -0.324. The first-order valence-electron chi connectivity index (χ1n) is 5.15. The Morgan fingerprint density at radius 1 is 1.47 bits per heavy atom. The number of likely N-dealkylation sites (tertiary alicyclic amines) is 1. The van der Waals surface area contributed by atoms with Crippen LogP contribution in [-0.4, -0.2) is 34.5 Å². The lowest BCUT2D eigenvalue weighted by atomic mass is 9.82. The van der Waals surface area contributed by atoms with Gasteiger partial charge >= 0.3 is 6.09 Å². The highest BCUT2D eigenvalue weighted by Crippen LogP contribution is 2.36. The highest BCUT2D eigenvalue weighted by Gasteiger charge is 2.49. The fourth-order valence-corrected chi connectivity index (χ4v) is 1.84. The Labute approximate surface area is 90.6 Å². The Morgan fingerprint density at radius 2 is 2.00 bits per heavy atom. The van der Waals surface area contributed by atoms with Crippen LogP contribution in [0.1, 0.15) is 41.0 Å².